The molecule has 216 valence electrons. The van der Waals surface area contributed by atoms with Gasteiger partial charge in [0.25, 0.3) is 5.91 Å². The zero-order valence-electron chi connectivity index (χ0n) is 23.0. The number of benzene rings is 1. The number of unbranched alkanes of at least 4 members (excludes halogenated alkanes) is 2. The molecule has 3 aromatic rings. The number of pyridine rings is 1. The van der Waals surface area contributed by atoms with Gasteiger partial charge in [-0.25, -0.2) is 14.8 Å². The smallest absolute Gasteiger partial charge is 0.321 e. The van der Waals surface area contributed by atoms with Crippen molar-refractivity contribution in [3.8, 4) is 5.75 Å². The Kier molecular flexibility index (Phi) is 8.14. The molecular formula is C28H31ClN6O5S. The van der Waals surface area contributed by atoms with Crippen LogP contribution in [-0.2, 0) is 21.7 Å². The predicted molar refractivity (Wildman–Crippen MR) is 155 cm³/mol. The first kappa shape index (κ1) is 28.7. The van der Waals surface area contributed by atoms with E-state index in [2.05, 4.69) is 27.9 Å². The highest BCUT2D eigenvalue weighted by atomic mass is 35.5. The van der Waals surface area contributed by atoms with E-state index in [1.54, 1.807) is 25.3 Å². The summed E-state index contributed by atoms with van der Waals surface area (Å²) in [7, 11) is 1.57. The number of hydrogen-bond donors (Lipinski definition) is 3. The second kappa shape index (κ2) is 11.6. The molecule has 1 saturated heterocycles. The van der Waals surface area contributed by atoms with Crippen molar-refractivity contribution in [2.45, 2.75) is 70.5 Å². The van der Waals surface area contributed by atoms with E-state index < -0.39 is 23.5 Å². The third-order valence-corrected chi connectivity index (χ3v) is 8.88. The van der Waals surface area contributed by atoms with Crippen molar-refractivity contribution in [3.63, 3.8) is 0 Å². The average molecular weight is 599 g/mol. The van der Waals surface area contributed by atoms with Crippen LogP contribution in [0.15, 0.2) is 24.3 Å². The van der Waals surface area contributed by atoms with Crippen molar-refractivity contribution in [2.24, 2.45) is 0 Å². The van der Waals surface area contributed by atoms with E-state index in [4.69, 9.17) is 21.3 Å². The lowest BCUT2D eigenvalue weighted by Crippen LogP contribution is -2.52. The molecule has 2 atom stereocenters. The number of amides is 5. The molecule has 2 aromatic heterocycles. The zero-order chi connectivity index (χ0) is 29.3. The predicted octanol–water partition coefficient (Wildman–Crippen LogP) is 4.73. The van der Waals surface area contributed by atoms with Gasteiger partial charge in [0, 0.05) is 17.5 Å². The summed E-state index contributed by atoms with van der Waals surface area (Å²) in [5.74, 6) is -0.321. The lowest BCUT2D eigenvalue weighted by atomic mass is 9.95. The highest BCUT2D eigenvalue weighted by molar-refractivity contribution is 7.18. The first-order valence-electron chi connectivity index (χ1n) is 13.5. The van der Waals surface area contributed by atoms with Crippen LogP contribution in [0.3, 0.4) is 0 Å². The lowest BCUT2D eigenvalue weighted by molar-refractivity contribution is -0.136. The minimum Gasteiger partial charge on any atom is -0.494 e. The third-order valence-electron chi connectivity index (χ3n) is 7.40. The van der Waals surface area contributed by atoms with E-state index in [9.17, 15) is 19.2 Å². The molecule has 41 heavy (non-hydrogen) atoms. The molecule has 11 nitrogen and oxygen atoms in total. The van der Waals surface area contributed by atoms with Crippen molar-refractivity contribution < 1.29 is 23.9 Å². The number of rotatable bonds is 9. The van der Waals surface area contributed by atoms with Gasteiger partial charge in [0.2, 0.25) is 11.8 Å². The maximum atomic E-state index is 13.3. The first-order valence-corrected chi connectivity index (χ1v) is 14.7. The number of carbonyl (C=O) groups excluding carboxylic acids is 4. The van der Waals surface area contributed by atoms with Crippen LogP contribution in [-0.4, -0.2) is 51.8 Å². The number of aromatic nitrogens is 2. The summed E-state index contributed by atoms with van der Waals surface area (Å²) in [4.78, 5) is 60.8. The van der Waals surface area contributed by atoms with Crippen molar-refractivity contribution in [1.82, 2.24) is 25.5 Å². The number of methoxy groups -OCH3 is 1. The number of nitrogens with zero attached hydrogens (tertiary/aromatic N) is 3. The molecule has 1 fully saturated rings. The SMILES string of the molecule is CCCCCC(C)(NC(=O)Nc1ccc2c(n1)CN(C1CCC(=O)NC1=O)C2=O)c1nc2c(OC)cc(Cl)cc2s1. The molecule has 4 heterocycles. The minimum absolute atomic E-state index is 0.114. The molecule has 13 heteroatoms. The van der Waals surface area contributed by atoms with Gasteiger partial charge in [-0.05, 0) is 38.0 Å². The quantitative estimate of drug-likeness (QED) is 0.239. The number of urea groups is 1. The van der Waals surface area contributed by atoms with Gasteiger partial charge in [-0.3, -0.25) is 25.0 Å². The molecule has 3 N–H and O–H groups in total. The fourth-order valence-electron chi connectivity index (χ4n) is 5.21. The summed E-state index contributed by atoms with van der Waals surface area (Å²) in [6.07, 6.45) is 4.01. The number of thiazole rings is 1. The van der Waals surface area contributed by atoms with Crippen LogP contribution in [0.25, 0.3) is 10.2 Å². The van der Waals surface area contributed by atoms with Crippen molar-refractivity contribution in [2.75, 3.05) is 12.4 Å². The molecule has 2 unspecified atom stereocenters. The molecule has 0 aliphatic carbocycles. The number of imide groups is 1. The van der Waals surface area contributed by atoms with E-state index in [1.807, 2.05) is 13.0 Å². The van der Waals surface area contributed by atoms with Gasteiger partial charge in [0.05, 0.1) is 35.2 Å². The summed E-state index contributed by atoms with van der Waals surface area (Å²) in [5, 5.41) is 9.45. The van der Waals surface area contributed by atoms with E-state index in [1.165, 1.54) is 16.2 Å². The largest absolute Gasteiger partial charge is 0.494 e. The fraction of sp³-hybridized carbons (Fsp3) is 0.429. The van der Waals surface area contributed by atoms with E-state index in [0.717, 1.165) is 29.0 Å². The Balaban J connectivity index is 1.34. The van der Waals surface area contributed by atoms with Crippen LogP contribution in [0, 0.1) is 0 Å². The van der Waals surface area contributed by atoms with E-state index >= 15 is 0 Å². The topological polar surface area (TPSA) is 143 Å². The van der Waals surface area contributed by atoms with Gasteiger partial charge in [0.15, 0.2) is 0 Å². The Bertz CT molecular complexity index is 1540. The Labute approximate surface area is 246 Å². The summed E-state index contributed by atoms with van der Waals surface area (Å²) >= 11 is 7.73. The first-order chi connectivity index (χ1) is 19.6. The average Bonchev–Trinajstić information content (AvgIpc) is 3.49. The molecule has 0 bridgehead atoms. The highest BCUT2D eigenvalue weighted by Gasteiger charge is 2.40. The molecule has 0 saturated carbocycles. The van der Waals surface area contributed by atoms with Crippen molar-refractivity contribution >= 4 is 62.7 Å². The van der Waals surface area contributed by atoms with Gasteiger partial charge >= 0.3 is 6.03 Å². The van der Waals surface area contributed by atoms with E-state index in [0.29, 0.717) is 34.0 Å². The lowest BCUT2D eigenvalue weighted by Gasteiger charge is -2.29. The van der Waals surface area contributed by atoms with Crippen LogP contribution in [0.1, 0.15) is 73.4 Å². The normalized spacial score (nSPS) is 18.2. The van der Waals surface area contributed by atoms with Gasteiger partial charge in [0.1, 0.15) is 28.1 Å². The molecular weight excluding hydrogens is 568 g/mol. The maximum absolute atomic E-state index is 13.3. The molecule has 1 aromatic carbocycles. The third kappa shape index (κ3) is 5.84. The minimum atomic E-state index is -0.782. The van der Waals surface area contributed by atoms with E-state index in [-0.39, 0.29) is 37.0 Å². The van der Waals surface area contributed by atoms with Gasteiger partial charge in [-0.15, -0.1) is 11.3 Å². The number of piperidine rings is 1. The number of hydrogen-bond acceptors (Lipinski definition) is 8. The monoisotopic (exact) mass is 598 g/mol. The number of halogens is 1. The summed E-state index contributed by atoms with van der Waals surface area (Å²) in [6.45, 7) is 4.18. The standard InChI is InChI=1S/C28H31ClN6O5S/c1-4-5-6-11-28(2,26-33-23-19(40-3)12-15(29)13-20(23)41-26)34-27(39)31-21-9-7-16-17(30-21)14-35(25(16)38)18-8-10-22(36)32-24(18)37/h7,9,12-13,18H,4-6,8,10-11,14H2,1-3H3,(H,32,36,37)(H2,30,31,34,39). The second-order valence-corrected chi connectivity index (χ2v) is 11.9. The van der Waals surface area contributed by atoms with Gasteiger partial charge < -0.3 is 15.0 Å². The number of carbonyl (C=O) groups is 4. The number of nitrogens with one attached hydrogen (secondary N) is 3. The van der Waals surface area contributed by atoms with Crippen LogP contribution >= 0.6 is 22.9 Å². The van der Waals surface area contributed by atoms with Crippen molar-refractivity contribution in [1.29, 1.82) is 0 Å². The Morgan fingerprint density at radius 3 is 2.78 bits per heavy atom. The number of fused-ring (bicyclic) bond motifs is 2. The van der Waals surface area contributed by atoms with Crippen LogP contribution in [0.2, 0.25) is 5.02 Å². The Morgan fingerprint density at radius 2 is 2.05 bits per heavy atom. The molecule has 2 aliphatic heterocycles. The molecule has 0 radical (unpaired) electrons. The summed E-state index contributed by atoms with van der Waals surface area (Å²) < 4.78 is 6.34. The van der Waals surface area contributed by atoms with Crippen molar-refractivity contribution in [3.05, 3.63) is 45.6 Å². The highest BCUT2D eigenvalue weighted by Crippen LogP contribution is 2.39. The van der Waals surface area contributed by atoms with Crippen LogP contribution in [0.5, 0.6) is 5.75 Å². The maximum Gasteiger partial charge on any atom is 0.321 e. The van der Waals surface area contributed by atoms with Gasteiger partial charge in [-0.2, -0.15) is 0 Å². The summed E-state index contributed by atoms with van der Waals surface area (Å²) in [5.41, 5.74) is 0.729. The molecule has 5 amide bonds. The zero-order valence-corrected chi connectivity index (χ0v) is 24.6. The number of ether oxygens (including phenoxy) is 1. The second-order valence-electron chi connectivity index (χ2n) is 10.4. The van der Waals surface area contributed by atoms with Gasteiger partial charge in [-0.1, -0.05) is 37.8 Å². The fourth-order valence-corrected chi connectivity index (χ4v) is 6.64. The Morgan fingerprint density at radius 1 is 1.24 bits per heavy atom. The van der Waals surface area contributed by atoms with Crippen LogP contribution < -0.4 is 20.7 Å². The molecule has 0 spiro atoms. The summed E-state index contributed by atoms with van der Waals surface area (Å²) in [6, 6.07) is 5.50. The van der Waals surface area contributed by atoms with Crippen LogP contribution in [0.4, 0.5) is 10.6 Å². The number of anilines is 1. The molecule has 2 aliphatic rings. The Hall–Kier alpha value is -3.77. The molecule has 5 rings (SSSR count).